The van der Waals surface area contributed by atoms with Gasteiger partial charge in [-0.25, -0.2) is 0 Å². The molecule has 1 fully saturated rings. The van der Waals surface area contributed by atoms with Crippen LogP contribution in [0.25, 0.3) is 0 Å². The van der Waals surface area contributed by atoms with Gasteiger partial charge in [0.25, 0.3) is 5.91 Å². The highest BCUT2D eigenvalue weighted by Crippen LogP contribution is 2.31. The van der Waals surface area contributed by atoms with Gasteiger partial charge in [-0.1, -0.05) is 19.3 Å². The number of rotatable bonds is 8. The molecule has 154 valence electrons. The minimum Gasteiger partial charge on any atom is -0.497 e. The van der Waals surface area contributed by atoms with Gasteiger partial charge >= 0.3 is 0 Å². The molecule has 6 heteroatoms. The van der Waals surface area contributed by atoms with Gasteiger partial charge in [0, 0.05) is 18.3 Å². The van der Waals surface area contributed by atoms with Gasteiger partial charge in [0.2, 0.25) is 0 Å². The Morgan fingerprint density at radius 2 is 1.76 bits per heavy atom. The standard InChI is InChI=1S/C23H28N2O4/c1-27-20-12-13-21(22(14-20)28-2)24-15-17-8-10-19(11-9-17)29-16-23(26)25-18-6-4-3-5-7-18/h8-15,18H,3-7,16H2,1-2H3,(H,25,26). The Morgan fingerprint density at radius 1 is 1.03 bits per heavy atom. The van der Waals surface area contributed by atoms with Gasteiger partial charge in [0.15, 0.2) is 6.61 Å². The van der Waals surface area contributed by atoms with Gasteiger partial charge in [-0.05, 0) is 54.8 Å². The molecule has 1 aliphatic rings. The highest BCUT2D eigenvalue weighted by molar-refractivity contribution is 5.83. The van der Waals surface area contributed by atoms with E-state index in [0.29, 0.717) is 23.2 Å². The average Bonchev–Trinajstić information content (AvgIpc) is 2.77. The van der Waals surface area contributed by atoms with Crippen molar-refractivity contribution in [2.75, 3.05) is 20.8 Å². The molecular weight excluding hydrogens is 368 g/mol. The Labute approximate surface area is 171 Å². The van der Waals surface area contributed by atoms with Crippen molar-refractivity contribution in [3.05, 3.63) is 48.0 Å². The number of nitrogens with one attached hydrogen (secondary N) is 1. The maximum Gasteiger partial charge on any atom is 0.258 e. The van der Waals surface area contributed by atoms with E-state index in [-0.39, 0.29) is 12.5 Å². The summed E-state index contributed by atoms with van der Waals surface area (Å²) in [6.45, 7) is 0.0347. The molecule has 0 heterocycles. The Kier molecular flexibility index (Phi) is 7.50. The van der Waals surface area contributed by atoms with Gasteiger partial charge in [-0.15, -0.1) is 0 Å². The van der Waals surface area contributed by atoms with Crippen molar-refractivity contribution >= 4 is 17.8 Å². The van der Waals surface area contributed by atoms with Crippen LogP contribution in [0.4, 0.5) is 5.69 Å². The molecule has 0 atom stereocenters. The molecule has 0 saturated heterocycles. The van der Waals surface area contributed by atoms with Gasteiger partial charge in [-0.2, -0.15) is 0 Å². The Bertz CT molecular complexity index is 827. The van der Waals surface area contributed by atoms with E-state index in [9.17, 15) is 4.79 Å². The molecule has 1 aliphatic carbocycles. The first-order chi connectivity index (χ1) is 14.2. The van der Waals surface area contributed by atoms with Crippen molar-refractivity contribution in [1.82, 2.24) is 5.32 Å². The first kappa shape index (κ1) is 20.7. The van der Waals surface area contributed by atoms with E-state index < -0.39 is 0 Å². The molecule has 1 N–H and O–H groups in total. The van der Waals surface area contributed by atoms with Gasteiger partial charge in [-0.3, -0.25) is 9.79 Å². The third-order valence-corrected chi connectivity index (χ3v) is 4.96. The second-order valence-electron chi connectivity index (χ2n) is 7.06. The number of hydrogen-bond donors (Lipinski definition) is 1. The molecule has 2 aromatic rings. The first-order valence-electron chi connectivity index (χ1n) is 9.96. The molecule has 0 aliphatic heterocycles. The summed E-state index contributed by atoms with van der Waals surface area (Å²) < 4.78 is 16.1. The maximum absolute atomic E-state index is 12.0. The van der Waals surface area contributed by atoms with Crippen LogP contribution < -0.4 is 19.5 Å². The largest absolute Gasteiger partial charge is 0.497 e. The number of ether oxygens (including phenoxy) is 3. The van der Waals surface area contributed by atoms with E-state index in [1.807, 2.05) is 36.4 Å². The first-order valence-corrected chi connectivity index (χ1v) is 9.96. The van der Waals surface area contributed by atoms with Crippen molar-refractivity contribution in [1.29, 1.82) is 0 Å². The summed E-state index contributed by atoms with van der Waals surface area (Å²) in [6, 6.07) is 13.2. The van der Waals surface area contributed by atoms with Crippen molar-refractivity contribution in [2.24, 2.45) is 4.99 Å². The van der Waals surface area contributed by atoms with E-state index in [1.54, 1.807) is 26.5 Å². The molecule has 0 bridgehead atoms. The molecular formula is C23H28N2O4. The predicted molar refractivity (Wildman–Crippen MR) is 114 cm³/mol. The molecule has 1 saturated carbocycles. The maximum atomic E-state index is 12.0. The van der Waals surface area contributed by atoms with Gasteiger partial charge in [0.1, 0.15) is 22.9 Å². The van der Waals surface area contributed by atoms with Crippen LogP contribution >= 0.6 is 0 Å². The molecule has 3 rings (SSSR count). The number of hydrogen-bond acceptors (Lipinski definition) is 5. The van der Waals surface area contributed by atoms with Crippen molar-refractivity contribution in [2.45, 2.75) is 38.1 Å². The highest BCUT2D eigenvalue weighted by Gasteiger charge is 2.15. The lowest BCUT2D eigenvalue weighted by Gasteiger charge is -2.22. The lowest BCUT2D eigenvalue weighted by Crippen LogP contribution is -2.38. The second kappa shape index (κ2) is 10.5. The molecule has 0 unspecified atom stereocenters. The lowest BCUT2D eigenvalue weighted by atomic mass is 9.95. The van der Waals surface area contributed by atoms with Crippen LogP contribution in [0.5, 0.6) is 17.2 Å². The van der Waals surface area contributed by atoms with E-state index in [4.69, 9.17) is 14.2 Å². The van der Waals surface area contributed by atoms with Crippen LogP contribution in [-0.2, 0) is 4.79 Å². The molecule has 0 radical (unpaired) electrons. The van der Waals surface area contributed by atoms with Crippen LogP contribution in [0.15, 0.2) is 47.5 Å². The second-order valence-corrected chi connectivity index (χ2v) is 7.06. The number of carbonyl (C=O) groups excluding carboxylic acids is 1. The summed E-state index contributed by atoms with van der Waals surface area (Å²) in [5, 5.41) is 3.05. The zero-order valence-corrected chi connectivity index (χ0v) is 17.0. The molecule has 2 aromatic carbocycles. The Hall–Kier alpha value is -3.02. The fourth-order valence-electron chi connectivity index (χ4n) is 3.35. The van der Waals surface area contributed by atoms with Crippen LogP contribution in [0.1, 0.15) is 37.7 Å². The number of methoxy groups -OCH3 is 2. The predicted octanol–water partition coefficient (Wildman–Crippen LogP) is 4.28. The molecule has 0 aromatic heterocycles. The average molecular weight is 396 g/mol. The van der Waals surface area contributed by atoms with E-state index in [0.717, 1.165) is 24.2 Å². The number of benzene rings is 2. The smallest absolute Gasteiger partial charge is 0.258 e. The third-order valence-electron chi connectivity index (χ3n) is 4.96. The van der Waals surface area contributed by atoms with Gasteiger partial charge < -0.3 is 19.5 Å². The SMILES string of the molecule is COc1ccc(N=Cc2ccc(OCC(=O)NC3CCCCC3)cc2)c(OC)c1. The van der Waals surface area contributed by atoms with E-state index >= 15 is 0 Å². The van der Waals surface area contributed by atoms with Crippen LogP contribution in [0.3, 0.4) is 0 Å². The molecule has 1 amide bonds. The van der Waals surface area contributed by atoms with Gasteiger partial charge in [0.05, 0.1) is 14.2 Å². The van der Waals surface area contributed by atoms with Crippen LogP contribution in [0.2, 0.25) is 0 Å². The normalized spacial score (nSPS) is 14.6. The summed E-state index contributed by atoms with van der Waals surface area (Å²) in [4.78, 5) is 16.5. The Morgan fingerprint density at radius 3 is 2.45 bits per heavy atom. The summed E-state index contributed by atoms with van der Waals surface area (Å²) in [6.07, 6.45) is 7.54. The third kappa shape index (κ3) is 6.24. The number of aliphatic imine (C=N–C) groups is 1. The summed E-state index contributed by atoms with van der Waals surface area (Å²) in [7, 11) is 3.21. The lowest BCUT2D eigenvalue weighted by molar-refractivity contribution is -0.124. The summed E-state index contributed by atoms with van der Waals surface area (Å²) >= 11 is 0. The summed E-state index contributed by atoms with van der Waals surface area (Å²) in [5.41, 5.74) is 1.63. The quantitative estimate of drug-likeness (QED) is 0.676. The molecule has 29 heavy (non-hydrogen) atoms. The zero-order chi connectivity index (χ0) is 20.5. The van der Waals surface area contributed by atoms with Crippen LogP contribution in [-0.4, -0.2) is 39.0 Å². The number of nitrogens with zero attached hydrogens (tertiary/aromatic N) is 1. The monoisotopic (exact) mass is 396 g/mol. The highest BCUT2D eigenvalue weighted by atomic mass is 16.5. The zero-order valence-electron chi connectivity index (χ0n) is 17.0. The number of amides is 1. The van der Waals surface area contributed by atoms with E-state index in [2.05, 4.69) is 10.3 Å². The topological polar surface area (TPSA) is 69.2 Å². The van der Waals surface area contributed by atoms with E-state index in [1.165, 1.54) is 19.3 Å². The summed E-state index contributed by atoms with van der Waals surface area (Å²) in [5.74, 6) is 1.96. The van der Waals surface area contributed by atoms with Crippen molar-refractivity contribution in [3.8, 4) is 17.2 Å². The minimum absolute atomic E-state index is 0.0347. The molecule has 6 nitrogen and oxygen atoms in total. The van der Waals surface area contributed by atoms with Crippen molar-refractivity contribution in [3.63, 3.8) is 0 Å². The Balaban J connectivity index is 1.52. The van der Waals surface area contributed by atoms with Crippen LogP contribution in [0, 0.1) is 0 Å². The fraction of sp³-hybridized carbons (Fsp3) is 0.391. The molecule has 0 spiro atoms. The fourth-order valence-corrected chi connectivity index (χ4v) is 3.35. The minimum atomic E-state index is -0.0610. The number of carbonyl (C=O) groups is 1. The van der Waals surface area contributed by atoms with Crippen molar-refractivity contribution < 1.29 is 19.0 Å².